The maximum Gasteiger partial charge on any atom is 0.307 e. The van der Waals surface area contributed by atoms with E-state index >= 15 is 0 Å². The highest BCUT2D eigenvalue weighted by Gasteiger charge is 2.06. The molecule has 0 fully saturated rings. The van der Waals surface area contributed by atoms with Crippen LogP contribution in [0.3, 0.4) is 0 Å². The maximum absolute atomic E-state index is 11.5. The maximum atomic E-state index is 11.5. The number of benzene rings is 1. The van der Waals surface area contributed by atoms with E-state index in [-0.39, 0.29) is 11.5 Å². The summed E-state index contributed by atoms with van der Waals surface area (Å²) in [5.41, 5.74) is 2.78. The fraction of sp³-hybridized carbons (Fsp3) is 0. The molecule has 0 aliphatic rings. The molecule has 0 aliphatic carbocycles. The third-order valence-corrected chi connectivity index (χ3v) is 2.60. The molecule has 5 nitrogen and oxygen atoms in total. The number of hydrogen-bond donors (Lipinski definition) is 2. The van der Waals surface area contributed by atoms with Crippen molar-refractivity contribution < 1.29 is 14.3 Å². The van der Waals surface area contributed by atoms with Crippen molar-refractivity contribution in [3.8, 4) is 5.75 Å². The minimum Gasteiger partial charge on any atom is -0.507 e. The number of furan rings is 1. The van der Waals surface area contributed by atoms with E-state index in [4.69, 9.17) is 4.42 Å². The van der Waals surface area contributed by atoms with E-state index in [0.29, 0.717) is 5.56 Å². The molecule has 2 aromatic rings. The number of aromatic hydroxyl groups is 1. The molecule has 92 valence electrons. The third kappa shape index (κ3) is 2.98. The summed E-state index contributed by atoms with van der Waals surface area (Å²) < 4.78 is 5.70. The lowest BCUT2D eigenvalue weighted by molar-refractivity contribution is 0.0927. The van der Waals surface area contributed by atoms with Crippen molar-refractivity contribution in [2.45, 2.75) is 0 Å². The molecule has 1 amide bonds. The Balaban J connectivity index is 2.03. The molecule has 2 rings (SSSR count). The highest BCUT2D eigenvalue weighted by molar-refractivity contribution is 9.10. The largest absolute Gasteiger partial charge is 0.507 e. The van der Waals surface area contributed by atoms with Crippen LogP contribution in [0.5, 0.6) is 5.75 Å². The van der Waals surface area contributed by atoms with Gasteiger partial charge in [-0.05, 0) is 30.3 Å². The number of hydrogen-bond acceptors (Lipinski definition) is 4. The van der Waals surface area contributed by atoms with E-state index in [9.17, 15) is 9.90 Å². The fourth-order valence-corrected chi connectivity index (χ4v) is 1.63. The molecule has 6 heteroatoms. The molecule has 0 atom stereocenters. The molecule has 1 aromatic heterocycles. The van der Waals surface area contributed by atoms with Gasteiger partial charge in [0.25, 0.3) is 0 Å². The molecular weight excluding hydrogens is 300 g/mol. The monoisotopic (exact) mass is 308 g/mol. The molecular formula is C12H9BrN2O3. The van der Waals surface area contributed by atoms with Gasteiger partial charge in [-0.15, -0.1) is 0 Å². The first-order valence-electron chi connectivity index (χ1n) is 5.02. The molecule has 1 heterocycles. The number of nitrogens with one attached hydrogen (secondary N) is 1. The predicted molar refractivity (Wildman–Crippen MR) is 69.6 cm³/mol. The van der Waals surface area contributed by atoms with Crippen molar-refractivity contribution in [3.63, 3.8) is 0 Å². The zero-order valence-electron chi connectivity index (χ0n) is 9.13. The van der Waals surface area contributed by atoms with E-state index < -0.39 is 5.91 Å². The van der Waals surface area contributed by atoms with Crippen molar-refractivity contribution >= 4 is 28.1 Å². The van der Waals surface area contributed by atoms with Crippen LogP contribution >= 0.6 is 15.9 Å². The van der Waals surface area contributed by atoms with Gasteiger partial charge < -0.3 is 9.52 Å². The number of phenolic OH excluding ortho intramolecular Hbond substituents is 1. The number of halogens is 1. The Kier molecular flexibility index (Phi) is 3.78. The van der Waals surface area contributed by atoms with Gasteiger partial charge in [-0.1, -0.05) is 15.9 Å². The minimum atomic E-state index is -0.453. The number of phenols is 1. The second kappa shape index (κ2) is 5.50. The Morgan fingerprint density at radius 2 is 2.28 bits per heavy atom. The standard InChI is InChI=1S/C12H9BrN2O3/c13-9-3-4-10(16)8(6-9)7-14-15-12(17)11-2-1-5-18-11/h1-7,16H,(H,15,17)/b14-7-. The van der Waals surface area contributed by atoms with Gasteiger partial charge in [0.1, 0.15) is 5.75 Å². The van der Waals surface area contributed by atoms with Crippen molar-refractivity contribution in [1.29, 1.82) is 0 Å². The Hall–Kier alpha value is -2.08. The zero-order chi connectivity index (χ0) is 13.0. The topological polar surface area (TPSA) is 74.8 Å². The molecule has 0 bridgehead atoms. The molecule has 0 saturated heterocycles. The summed E-state index contributed by atoms with van der Waals surface area (Å²) in [6, 6.07) is 8.05. The molecule has 0 radical (unpaired) electrons. The third-order valence-electron chi connectivity index (χ3n) is 2.10. The lowest BCUT2D eigenvalue weighted by atomic mass is 10.2. The Morgan fingerprint density at radius 1 is 1.44 bits per heavy atom. The van der Waals surface area contributed by atoms with Crippen LogP contribution in [0.4, 0.5) is 0 Å². The molecule has 18 heavy (non-hydrogen) atoms. The first-order valence-corrected chi connectivity index (χ1v) is 5.81. The summed E-state index contributed by atoms with van der Waals surface area (Å²) in [5, 5.41) is 13.3. The Labute approximate surface area is 111 Å². The predicted octanol–water partition coefficient (Wildman–Crippen LogP) is 2.51. The van der Waals surface area contributed by atoms with Crippen LogP contribution in [0, 0.1) is 0 Å². The highest BCUT2D eigenvalue weighted by Crippen LogP contribution is 2.19. The first-order chi connectivity index (χ1) is 8.66. The summed E-state index contributed by atoms with van der Waals surface area (Å²) in [4.78, 5) is 11.5. The normalized spacial score (nSPS) is 10.7. The van der Waals surface area contributed by atoms with Crippen LogP contribution in [-0.4, -0.2) is 17.2 Å². The molecule has 0 spiro atoms. The van der Waals surface area contributed by atoms with Gasteiger partial charge in [0.2, 0.25) is 0 Å². The van der Waals surface area contributed by atoms with Gasteiger partial charge in [0.05, 0.1) is 12.5 Å². The van der Waals surface area contributed by atoms with Gasteiger partial charge in [0, 0.05) is 10.0 Å². The number of carbonyl (C=O) groups is 1. The second-order valence-corrected chi connectivity index (χ2v) is 4.30. The zero-order valence-corrected chi connectivity index (χ0v) is 10.7. The summed E-state index contributed by atoms with van der Waals surface area (Å²) >= 11 is 3.27. The quantitative estimate of drug-likeness (QED) is 0.676. The van der Waals surface area contributed by atoms with Crippen LogP contribution in [-0.2, 0) is 0 Å². The van der Waals surface area contributed by atoms with Crippen LogP contribution in [0.15, 0.2) is 50.6 Å². The van der Waals surface area contributed by atoms with Gasteiger partial charge in [0.15, 0.2) is 5.76 Å². The molecule has 1 aromatic carbocycles. The van der Waals surface area contributed by atoms with E-state index in [1.54, 1.807) is 18.2 Å². The number of hydrazone groups is 1. The van der Waals surface area contributed by atoms with E-state index in [1.165, 1.54) is 24.6 Å². The number of rotatable bonds is 3. The summed E-state index contributed by atoms with van der Waals surface area (Å²) in [7, 11) is 0. The first kappa shape index (κ1) is 12.4. The number of nitrogens with zero attached hydrogens (tertiary/aromatic N) is 1. The van der Waals surface area contributed by atoms with Crippen molar-refractivity contribution in [1.82, 2.24) is 5.43 Å². The van der Waals surface area contributed by atoms with E-state index in [1.807, 2.05) is 0 Å². The van der Waals surface area contributed by atoms with Gasteiger partial charge >= 0.3 is 5.91 Å². The smallest absolute Gasteiger partial charge is 0.307 e. The van der Waals surface area contributed by atoms with Crippen LogP contribution in [0.1, 0.15) is 16.1 Å². The lowest BCUT2D eigenvalue weighted by Crippen LogP contribution is -2.16. The Bertz CT molecular complexity index is 579. The lowest BCUT2D eigenvalue weighted by Gasteiger charge is -1.99. The second-order valence-electron chi connectivity index (χ2n) is 3.38. The van der Waals surface area contributed by atoms with Crippen molar-refractivity contribution in [3.05, 3.63) is 52.4 Å². The molecule has 0 unspecified atom stereocenters. The van der Waals surface area contributed by atoms with E-state index in [2.05, 4.69) is 26.5 Å². The van der Waals surface area contributed by atoms with E-state index in [0.717, 1.165) is 4.47 Å². The fourth-order valence-electron chi connectivity index (χ4n) is 1.25. The van der Waals surface area contributed by atoms with Crippen LogP contribution < -0.4 is 5.43 Å². The number of amides is 1. The van der Waals surface area contributed by atoms with Gasteiger partial charge in [-0.3, -0.25) is 4.79 Å². The SMILES string of the molecule is O=C(N/N=C\c1cc(Br)ccc1O)c1ccco1. The summed E-state index contributed by atoms with van der Waals surface area (Å²) in [5.74, 6) is -0.203. The van der Waals surface area contributed by atoms with Gasteiger partial charge in [-0.25, -0.2) is 5.43 Å². The highest BCUT2D eigenvalue weighted by atomic mass is 79.9. The Morgan fingerprint density at radius 3 is 3.00 bits per heavy atom. The van der Waals surface area contributed by atoms with Crippen molar-refractivity contribution in [2.24, 2.45) is 5.10 Å². The molecule has 0 aliphatic heterocycles. The average molecular weight is 309 g/mol. The van der Waals surface area contributed by atoms with Gasteiger partial charge in [-0.2, -0.15) is 5.10 Å². The van der Waals surface area contributed by atoms with Crippen LogP contribution in [0.2, 0.25) is 0 Å². The molecule has 0 saturated carbocycles. The van der Waals surface area contributed by atoms with Crippen LogP contribution in [0.25, 0.3) is 0 Å². The number of carbonyl (C=O) groups excluding carboxylic acids is 1. The summed E-state index contributed by atoms with van der Waals surface area (Å²) in [6.45, 7) is 0. The molecule has 2 N–H and O–H groups in total. The average Bonchev–Trinajstić information content (AvgIpc) is 2.87. The summed E-state index contributed by atoms with van der Waals surface area (Å²) in [6.07, 6.45) is 2.75. The minimum absolute atomic E-state index is 0.0780. The van der Waals surface area contributed by atoms with Crippen molar-refractivity contribution in [2.75, 3.05) is 0 Å².